The van der Waals surface area contributed by atoms with Crippen LogP contribution in [0.5, 0.6) is 5.75 Å². The van der Waals surface area contributed by atoms with E-state index in [1.807, 2.05) is 19.1 Å². The SMILES string of the molecule is Cc1cc(C(=O)c2ccc3c(c2)CCO3)co1. The number of rotatable bonds is 2. The Balaban J connectivity index is 1.97. The lowest BCUT2D eigenvalue weighted by Crippen LogP contribution is -1.99. The van der Waals surface area contributed by atoms with Gasteiger partial charge in [0.25, 0.3) is 0 Å². The molecular weight excluding hydrogens is 216 g/mol. The Hall–Kier alpha value is -2.03. The van der Waals surface area contributed by atoms with Gasteiger partial charge < -0.3 is 9.15 Å². The lowest BCUT2D eigenvalue weighted by Gasteiger charge is -2.01. The number of carbonyl (C=O) groups is 1. The minimum atomic E-state index is -0.00319. The Bertz CT molecular complexity index is 581. The molecule has 1 aliphatic heterocycles. The molecule has 0 atom stereocenters. The van der Waals surface area contributed by atoms with E-state index in [0.717, 1.165) is 23.5 Å². The lowest BCUT2D eigenvalue weighted by molar-refractivity contribution is 0.103. The third-order valence-electron chi connectivity index (χ3n) is 2.94. The summed E-state index contributed by atoms with van der Waals surface area (Å²) < 4.78 is 10.6. The zero-order valence-electron chi connectivity index (χ0n) is 9.53. The van der Waals surface area contributed by atoms with E-state index in [0.29, 0.717) is 17.7 Å². The fraction of sp³-hybridized carbons (Fsp3) is 0.214. The first kappa shape index (κ1) is 10.1. The average molecular weight is 228 g/mol. The van der Waals surface area contributed by atoms with Gasteiger partial charge in [-0.3, -0.25) is 4.79 Å². The Labute approximate surface area is 99.0 Å². The lowest BCUT2D eigenvalue weighted by atomic mass is 10.0. The minimum absolute atomic E-state index is 0.00319. The van der Waals surface area contributed by atoms with Gasteiger partial charge in [0.15, 0.2) is 5.78 Å². The van der Waals surface area contributed by atoms with Crippen LogP contribution in [0.3, 0.4) is 0 Å². The Morgan fingerprint density at radius 3 is 2.88 bits per heavy atom. The second kappa shape index (κ2) is 3.77. The maximum atomic E-state index is 12.2. The Kier molecular flexibility index (Phi) is 2.25. The third-order valence-corrected chi connectivity index (χ3v) is 2.94. The number of aryl methyl sites for hydroxylation is 1. The van der Waals surface area contributed by atoms with Gasteiger partial charge in [0.1, 0.15) is 17.8 Å². The summed E-state index contributed by atoms with van der Waals surface area (Å²) in [6.45, 7) is 2.53. The first-order valence-electron chi connectivity index (χ1n) is 5.59. The largest absolute Gasteiger partial charge is 0.493 e. The molecule has 0 saturated heterocycles. The summed E-state index contributed by atoms with van der Waals surface area (Å²) in [7, 11) is 0. The van der Waals surface area contributed by atoms with Crippen molar-refractivity contribution in [2.45, 2.75) is 13.3 Å². The van der Waals surface area contributed by atoms with E-state index < -0.39 is 0 Å². The van der Waals surface area contributed by atoms with Crippen LogP contribution < -0.4 is 4.74 Å². The van der Waals surface area contributed by atoms with E-state index in [1.165, 1.54) is 6.26 Å². The number of hydrogen-bond donors (Lipinski definition) is 0. The molecule has 1 aliphatic rings. The van der Waals surface area contributed by atoms with Crippen LogP contribution in [-0.2, 0) is 6.42 Å². The van der Waals surface area contributed by atoms with E-state index in [1.54, 1.807) is 12.1 Å². The number of ether oxygens (including phenoxy) is 1. The molecule has 0 spiro atoms. The first-order chi connectivity index (χ1) is 8.24. The van der Waals surface area contributed by atoms with Gasteiger partial charge in [-0.1, -0.05) is 0 Å². The molecule has 0 saturated carbocycles. The summed E-state index contributed by atoms with van der Waals surface area (Å²) in [6.07, 6.45) is 2.38. The summed E-state index contributed by atoms with van der Waals surface area (Å²) in [4.78, 5) is 12.2. The second-order valence-electron chi connectivity index (χ2n) is 4.20. The smallest absolute Gasteiger partial charge is 0.196 e. The van der Waals surface area contributed by atoms with Crippen molar-refractivity contribution in [1.29, 1.82) is 0 Å². The summed E-state index contributed by atoms with van der Waals surface area (Å²) in [6, 6.07) is 7.33. The molecule has 0 radical (unpaired) electrons. The van der Waals surface area contributed by atoms with Crippen LogP contribution in [0.2, 0.25) is 0 Å². The first-order valence-corrected chi connectivity index (χ1v) is 5.59. The van der Waals surface area contributed by atoms with E-state index in [4.69, 9.17) is 9.15 Å². The summed E-state index contributed by atoms with van der Waals surface area (Å²) in [5.41, 5.74) is 2.40. The molecule has 0 amide bonds. The number of ketones is 1. The molecule has 2 aromatic rings. The van der Waals surface area contributed by atoms with E-state index in [-0.39, 0.29) is 5.78 Å². The highest BCUT2D eigenvalue weighted by atomic mass is 16.5. The van der Waals surface area contributed by atoms with Crippen molar-refractivity contribution in [3.8, 4) is 5.75 Å². The standard InChI is InChI=1S/C14H12O3/c1-9-6-12(8-17-9)14(15)11-2-3-13-10(7-11)4-5-16-13/h2-3,6-8H,4-5H2,1H3. The molecule has 2 heterocycles. The molecule has 3 rings (SSSR count). The minimum Gasteiger partial charge on any atom is -0.493 e. The maximum Gasteiger partial charge on any atom is 0.196 e. The number of furan rings is 1. The van der Waals surface area contributed by atoms with Crippen molar-refractivity contribution in [1.82, 2.24) is 0 Å². The summed E-state index contributed by atoms with van der Waals surface area (Å²) in [5, 5.41) is 0. The maximum absolute atomic E-state index is 12.2. The van der Waals surface area contributed by atoms with Crippen LogP contribution in [0, 0.1) is 6.92 Å². The number of benzene rings is 1. The Morgan fingerprint density at radius 2 is 2.12 bits per heavy atom. The molecule has 3 heteroatoms. The van der Waals surface area contributed by atoms with Crippen LogP contribution in [0.25, 0.3) is 0 Å². The monoisotopic (exact) mass is 228 g/mol. The highest BCUT2D eigenvalue weighted by Gasteiger charge is 2.16. The zero-order valence-corrected chi connectivity index (χ0v) is 9.53. The number of fused-ring (bicyclic) bond motifs is 1. The van der Waals surface area contributed by atoms with Crippen LogP contribution >= 0.6 is 0 Å². The van der Waals surface area contributed by atoms with Gasteiger partial charge in [-0.05, 0) is 36.8 Å². The van der Waals surface area contributed by atoms with Gasteiger partial charge in [0.2, 0.25) is 0 Å². The highest BCUT2D eigenvalue weighted by Crippen LogP contribution is 2.27. The number of hydrogen-bond acceptors (Lipinski definition) is 3. The third kappa shape index (κ3) is 1.73. The van der Waals surface area contributed by atoms with Crippen molar-refractivity contribution < 1.29 is 13.9 Å². The van der Waals surface area contributed by atoms with Crippen molar-refractivity contribution in [2.75, 3.05) is 6.61 Å². The summed E-state index contributed by atoms with van der Waals surface area (Å²) >= 11 is 0. The topological polar surface area (TPSA) is 39.4 Å². The van der Waals surface area contributed by atoms with Crippen LogP contribution in [0.4, 0.5) is 0 Å². The molecule has 3 nitrogen and oxygen atoms in total. The molecular formula is C14H12O3. The van der Waals surface area contributed by atoms with Gasteiger partial charge in [0.05, 0.1) is 12.2 Å². The van der Waals surface area contributed by atoms with Gasteiger partial charge in [-0.25, -0.2) is 0 Å². The predicted molar refractivity (Wildman–Crippen MR) is 62.5 cm³/mol. The molecule has 1 aromatic heterocycles. The summed E-state index contributed by atoms with van der Waals surface area (Å²) in [5.74, 6) is 1.64. The zero-order chi connectivity index (χ0) is 11.8. The molecule has 0 aliphatic carbocycles. The van der Waals surface area contributed by atoms with Crippen molar-refractivity contribution in [3.63, 3.8) is 0 Å². The van der Waals surface area contributed by atoms with Crippen molar-refractivity contribution in [2.24, 2.45) is 0 Å². The van der Waals surface area contributed by atoms with E-state index >= 15 is 0 Å². The predicted octanol–water partition coefficient (Wildman–Crippen LogP) is 2.75. The number of carbonyl (C=O) groups excluding carboxylic acids is 1. The van der Waals surface area contributed by atoms with Gasteiger partial charge in [-0.15, -0.1) is 0 Å². The van der Waals surface area contributed by atoms with Crippen molar-refractivity contribution >= 4 is 5.78 Å². The van der Waals surface area contributed by atoms with Gasteiger partial charge in [-0.2, -0.15) is 0 Å². The molecule has 0 N–H and O–H groups in total. The second-order valence-corrected chi connectivity index (χ2v) is 4.20. The average Bonchev–Trinajstić information content (AvgIpc) is 2.95. The van der Waals surface area contributed by atoms with Crippen LogP contribution in [-0.4, -0.2) is 12.4 Å². The quantitative estimate of drug-likeness (QED) is 0.742. The van der Waals surface area contributed by atoms with E-state index in [2.05, 4.69) is 0 Å². The molecule has 1 aromatic carbocycles. The molecule has 0 bridgehead atoms. The molecule has 17 heavy (non-hydrogen) atoms. The van der Waals surface area contributed by atoms with Crippen LogP contribution in [0.1, 0.15) is 27.2 Å². The molecule has 0 fully saturated rings. The van der Waals surface area contributed by atoms with E-state index in [9.17, 15) is 4.79 Å². The van der Waals surface area contributed by atoms with Gasteiger partial charge >= 0.3 is 0 Å². The van der Waals surface area contributed by atoms with Gasteiger partial charge in [0, 0.05) is 12.0 Å². The highest BCUT2D eigenvalue weighted by molar-refractivity contribution is 6.09. The molecule has 86 valence electrons. The fourth-order valence-electron chi connectivity index (χ4n) is 2.06. The molecule has 0 unspecified atom stereocenters. The van der Waals surface area contributed by atoms with Crippen molar-refractivity contribution in [3.05, 3.63) is 53.0 Å². The fourth-order valence-corrected chi connectivity index (χ4v) is 2.06. The van der Waals surface area contributed by atoms with Crippen LogP contribution in [0.15, 0.2) is 34.9 Å². The normalized spacial score (nSPS) is 13.2. The Morgan fingerprint density at radius 1 is 1.24 bits per heavy atom.